The number of nitrogens with one attached hydrogen (secondary N) is 2. The molecule has 1 aliphatic heterocycles. The Bertz CT molecular complexity index is 1820. The number of aromatic nitrogens is 5. The minimum atomic E-state index is -1.67. The smallest absolute Gasteiger partial charge is 0.497 e. The summed E-state index contributed by atoms with van der Waals surface area (Å²) >= 11 is 6.18. The van der Waals surface area contributed by atoms with Crippen molar-refractivity contribution in [3.05, 3.63) is 94.0 Å². The number of methoxy groups -OCH3 is 1. The van der Waals surface area contributed by atoms with E-state index in [1.807, 2.05) is 66.1 Å². The van der Waals surface area contributed by atoms with E-state index in [4.69, 9.17) is 21.3 Å². The number of nitrogens with zero attached hydrogens (tertiary/aromatic N) is 5. The molecule has 42 heavy (non-hydrogen) atoms. The van der Waals surface area contributed by atoms with Crippen molar-refractivity contribution in [2.24, 2.45) is 4.99 Å². The maximum atomic E-state index is 13.2. The van der Waals surface area contributed by atoms with Crippen LogP contribution < -0.4 is 15.8 Å². The van der Waals surface area contributed by atoms with Gasteiger partial charge in [0.25, 0.3) is 0 Å². The van der Waals surface area contributed by atoms with Gasteiger partial charge in [0.2, 0.25) is 5.91 Å². The number of aryl methyl sites for hydroxylation is 1. The van der Waals surface area contributed by atoms with Crippen molar-refractivity contribution in [2.75, 3.05) is 13.7 Å². The molecule has 0 saturated carbocycles. The number of amides is 1. The molecule has 0 saturated heterocycles. The van der Waals surface area contributed by atoms with Gasteiger partial charge in [-0.3, -0.25) is 14.4 Å². The largest absolute Gasteiger partial charge is 0.526 e. The molecule has 1 amide bonds. The van der Waals surface area contributed by atoms with Crippen molar-refractivity contribution >= 4 is 47.1 Å². The number of carbonyl (C=O) groups is 1. The number of hydrogen-bond donors (Lipinski definition) is 4. The highest BCUT2D eigenvalue weighted by molar-refractivity contribution is 6.56. The minimum absolute atomic E-state index is 0.0671. The number of fused-ring (bicyclic) bond motifs is 4. The number of hydrogen-bond acceptors (Lipinski definition) is 8. The minimum Gasteiger partial charge on any atom is -0.497 e. The molecule has 11 nitrogen and oxygen atoms in total. The number of rotatable bonds is 8. The maximum absolute atomic E-state index is 13.2. The van der Waals surface area contributed by atoms with Gasteiger partial charge in [-0.05, 0) is 61.4 Å². The Morgan fingerprint density at radius 3 is 2.69 bits per heavy atom. The molecule has 4 N–H and O–H groups in total. The van der Waals surface area contributed by atoms with Gasteiger partial charge in [-0.25, -0.2) is 4.98 Å². The van der Waals surface area contributed by atoms with Crippen LogP contribution in [0.15, 0.2) is 65.7 Å². The fourth-order valence-electron chi connectivity index (χ4n) is 5.13. The molecule has 0 radical (unpaired) electrons. The first-order valence-electron chi connectivity index (χ1n) is 13.4. The zero-order valence-electron chi connectivity index (χ0n) is 22.9. The summed E-state index contributed by atoms with van der Waals surface area (Å²) in [6.07, 6.45) is 0.639. The van der Waals surface area contributed by atoms with Gasteiger partial charge in [-0.15, -0.1) is 10.2 Å². The molecule has 0 spiro atoms. The molecule has 3 aromatic carbocycles. The normalized spacial score (nSPS) is 14.1. The van der Waals surface area contributed by atoms with E-state index >= 15 is 0 Å². The maximum Gasteiger partial charge on any atom is 0.526 e. The lowest BCUT2D eigenvalue weighted by atomic mass is 9.91. The van der Waals surface area contributed by atoms with Crippen molar-refractivity contribution in [2.45, 2.75) is 25.8 Å². The summed E-state index contributed by atoms with van der Waals surface area (Å²) in [7, 11) is -0.0550. The highest BCUT2D eigenvalue weighted by Crippen LogP contribution is 2.34. The van der Waals surface area contributed by atoms with Crippen LogP contribution in [0.4, 0.5) is 0 Å². The fourth-order valence-corrected chi connectivity index (χ4v) is 5.25. The van der Waals surface area contributed by atoms with Gasteiger partial charge in [0.1, 0.15) is 23.3 Å². The third-order valence-corrected chi connectivity index (χ3v) is 7.43. The lowest BCUT2D eigenvalue weighted by Crippen LogP contribution is -2.33. The Balaban J connectivity index is 1.26. The average molecular weight is 584 g/mol. The van der Waals surface area contributed by atoms with Crippen molar-refractivity contribution in [1.82, 2.24) is 30.0 Å². The third-order valence-electron chi connectivity index (χ3n) is 7.17. The number of carbonyl (C=O) groups excluding carboxylic acids is 1. The molecular formula is C29H27BClN7O4. The van der Waals surface area contributed by atoms with Gasteiger partial charge < -0.3 is 25.1 Å². The van der Waals surface area contributed by atoms with E-state index < -0.39 is 13.2 Å². The lowest BCUT2D eigenvalue weighted by molar-refractivity contribution is -0.121. The molecule has 3 heterocycles. The molecule has 0 aliphatic carbocycles. The van der Waals surface area contributed by atoms with Gasteiger partial charge in [-0.2, -0.15) is 0 Å². The Labute approximate surface area is 246 Å². The highest BCUT2D eigenvalue weighted by atomic mass is 35.5. The summed E-state index contributed by atoms with van der Waals surface area (Å²) in [5.74, 6) is 1.75. The molecule has 5 aromatic rings. The van der Waals surface area contributed by atoms with E-state index in [9.17, 15) is 14.8 Å². The predicted octanol–water partition coefficient (Wildman–Crippen LogP) is 2.43. The molecular weight excluding hydrogens is 557 g/mol. The molecule has 1 aliphatic rings. The molecule has 0 bridgehead atoms. The zero-order valence-corrected chi connectivity index (χ0v) is 23.6. The molecule has 6 rings (SSSR count). The highest BCUT2D eigenvalue weighted by Gasteiger charge is 2.30. The lowest BCUT2D eigenvalue weighted by Gasteiger charge is -2.14. The van der Waals surface area contributed by atoms with Gasteiger partial charge in [-0.1, -0.05) is 29.8 Å². The number of H-pyrrole nitrogens is 1. The first-order chi connectivity index (χ1) is 20.3. The second-order valence-electron chi connectivity index (χ2n) is 9.98. The quantitative estimate of drug-likeness (QED) is 0.205. The monoisotopic (exact) mass is 583 g/mol. The standard InChI is InChI=1S/C29H27BClN7O4/c1-16-36-37-28-24(15-26(39)32-12-11-17-3-9-22-23(13-17)35-29(34-22)30(40)41)33-27(18-4-6-19(31)7-5-18)21-14-20(42-2)8-10-25(21)38(16)28/h3-10,13-14,24,40-41H,11-12,15H2,1-2H3,(H,32,39)(H,34,35)/t24-/m0/s1. The van der Waals surface area contributed by atoms with Crippen LogP contribution in [-0.4, -0.2) is 67.2 Å². The summed E-state index contributed by atoms with van der Waals surface area (Å²) in [6, 6.07) is 18.2. The van der Waals surface area contributed by atoms with Crippen molar-refractivity contribution in [3.8, 4) is 11.4 Å². The first-order valence-corrected chi connectivity index (χ1v) is 13.7. The second kappa shape index (κ2) is 11.4. The van der Waals surface area contributed by atoms with E-state index in [-0.39, 0.29) is 18.1 Å². The fraction of sp³-hybridized carbons (Fsp3) is 0.207. The molecule has 2 aromatic heterocycles. The molecule has 212 valence electrons. The van der Waals surface area contributed by atoms with E-state index in [1.54, 1.807) is 13.2 Å². The van der Waals surface area contributed by atoms with Gasteiger partial charge in [0.05, 0.1) is 36.0 Å². The van der Waals surface area contributed by atoms with Crippen LogP contribution in [0, 0.1) is 6.92 Å². The summed E-state index contributed by atoms with van der Waals surface area (Å²) in [4.78, 5) is 25.4. The molecule has 13 heteroatoms. The number of aromatic amines is 1. The van der Waals surface area contributed by atoms with Crippen LogP contribution in [0.5, 0.6) is 5.75 Å². The zero-order chi connectivity index (χ0) is 29.4. The Hall–Kier alpha value is -4.52. The van der Waals surface area contributed by atoms with Crippen LogP contribution in [0.3, 0.4) is 0 Å². The second-order valence-corrected chi connectivity index (χ2v) is 10.4. The Morgan fingerprint density at radius 1 is 1.12 bits per heavy atom. The van der Waals surface area contributed by atoms with Gasteiger partial charge >= 0.3 is 7.12 Å². The number of aliphatic imine (C=N–C) groups is 1. The summed E-state index contributed by atoms with van der Waals surface area (Å²) in [6.45, 7) is 2.27. The van der Waals surface area contributed by atoms with Crippen molar-refractivity contribution in [1.29, 1.82) is 0 Å². The van der Waals surface area contributed by atoms with E-state index in [0.717, 1.165) is 22.4 Å². The van der Waals surface area contributed by atoms with E-state index in [1.165, 1.54) is 0 Å². The Kier molecular flexibility index (Phi) is 7.50. The number of benzene rings is 3. The number of ether oxygens (including phenoxy) is 1. The van der Waals surface area contributed by atoms with Crippen LogP contribution in [0.2, 0.25) is 5.02 Å². The summed E-state index contributed by atoms with van der Waals surface area (Å²) in [5, 5.41) is 31.1. The SMILES string of the molecule is COc1ccc2c(c1)C(c1ccc(Cl)cc1)=N[C@@H](CC(=O)NCCc1ccc3nc(B(O)O)[nH]c3c1)c1nnc(C)n1-2. The summed E-state index contributed by atoms with van der Waals surface area (Å²) in [5.41, 5.74) is 5.58. The van der Waals surface area contributed by atoms with Crippen LogP contribution in [0.1, 0.15) is 40.8 Å². The number of imidazole rings is 1. The van der Waals surface area contributed by atoms with Crippen LogP contribution in [0.25, 0.3) is 16.7 Å². The predicted molar refractivity (Wildman–Crippen MR) is 160 cm³/mol. The van der Waals surface area contributed by atoms with Gasteiger partial charge in [0.15, 0.2) is 5.82 Å². The molecule has 0 unspecified atom stereocenters. The molecule has 0 fully saturated rings. The van der Waals surface area contributed by atoms with E-state index in [0.29, 0.717) is 52.1 Å². The van der Waals surface area contributed by atoms with Gasteiger partial charge in [0, 0.05) is 22.7 Å². The Morgan fingerprint density at radius 2 is 1.93 bits per heavy atom. The first kappa shape index (κ1) is 27.6. The van der Waals surface area contributed by atoms with E-state index in [2.05, 4.69) is 25.5 Å². The van der Waals surface area contributed by atoms with Crippen LogP contribution in [-0.2, 0) is 11.2 Å². The summed E-state index contributed by atoms with van der Waals surface area (Å²) < 4.78 is 7.46. The third kappa shape index (κ3) is 5.39. The van der Waals surface area contributed by atoms with Crippen LogP contribution >= 0.6 is 11.6 Å². The molecule has 1 atom stereocenters. The number of halogens is 1. The van der Waals surface area contributed by atoms with Crippen molar-refractivity contribution in [3.63, 3.8) is 0 Å². The topological polar surface area (TPSA) is 151 Å². The van der Waals surface area contributed by atoms with Crippen molar-refractivity contribution < 1.29 is 19.6 Å². The average Bonchev–Trinajstić information content (AvgIpc) is 3.55.